The number of aryl methyl sites for hydroxylation is 1. The average Bonchev–Trinajstić information content (AvgIpc) is 2.29. The van der Waals surface area contributed by atoms with Gasteiger partial charge in [-0.05, 0) is 37.1 Å². The zero-order chi connectivity index (χ0) is 12.9. The number of halogens is 1. The van der Waals surface area contributed by atoms with Gasteiger partial charge in [-0.25, -0.2) is 8.42 Å². The Hall–Kier alpha value is -0.550. The first-order valence-corrected chi connectivity index (χ1v) is 8.15. The minimum Gasteiger partial charge on any atom is -0.494 e. The van der Waals surface area contributed by atoms with Crippen LogP contribution in [0.1, 0.15) is 18.9 Å². The van der Waals surface area contributed by atoms with Crippen molar-refractivity contribution in [2.75, 3.05) is 18.1 Å². The summed E-state index contributed by atoms with van der Waals surface area (Å²) >= 11 is 3.41. The van der Waals surface area contributed by atoms with Crippen molar-refractivity contribution < 1.29 is 13.2 Å². The molecule has 96 valence electrons. The van der Waals surface area contributed by atoms with Gasteiger partial charge in [0.05, 0.1) is 12.4 Å². The Morgan fingerprint density at radius 3 is 2.65 bits per heavy atom. The number of hydrogen-bond donors (Lipinski definition) is 0. The largest absolute Gasteiger partial charge is 0.494 e. The first kappa shape index (κ1) is 14.5. The highest BCUT2D eigenvalue weighted by atomic mass is 79.9. The van der Waals surface area contributed by atoms with Crippen LogP contribution in [0.3, 0.4) is 0 Å². The van der Waals surface area contributed by atoms with Crippen LogP contribution in [-0.4, -0.2) is 26.5 Å². The second-order valence-electron chi connectivity index (χ2n) is 3.85. The monoisotopic (exact) mass is 320 g/mol. The molecule has 0 aromatic heterocycles. The van der Waals surface area contributed by atoms with Crippen LogP contribution in [0.5, 0.6) is 5.75 Å². The van der Waals surface area contributed by atoms with Crippen LogP contribution in [0.4, 0.5) is 0 Å². The van der Waals surface area contributed by atoms with Crippen molar-refractivity contribution in [3.8, 4) is 5.75 Å². The third-order valence-electron chi connectivity index (χ3n) is 2.44. The molecule has 1 rings (SSSR count). The fourth-order valence-corrected chi connectivity index (χ4v) is 2.41. The summed E-state index contributed by atoms with van der Waals surface area (Å²) in [6, 6.07) is 5.72. The number of rotatable bonds is 6. The summed E-state index contributed by atoms with van der Waals surface area (Å²) in [6.07, 6.45) is 0.533. The van der Waals surface area contributed by atoms with Crippen molar-refractivity contribution in [2.24, 2.45) is 0 Å². The molecule has 0 saturated carbocycles. The Labute approximate surface area is 111 Å². The van der Waals surface area contributed by atoms with E-state index in [2.05, 4.69) is 15.9 Å². The Morgan fingerprint density at radius 2 is 2.06 bits per heavy atom. The quantitative estimate of drug-likeness (QED) is 0.757. The van der Waals surface area contributed by atoms with Gasteiger partial charge in [-0.2, -0.15) is 0 Å². The number of sulfone groups is 1. The Balaban J connectivity index is 2.39. The van der Waals surface area contributed by atoms with Crippen LogP contribution >= 0.6 is 15.9 Å². The summed E-state index contributed by atoms with van der Waals surface area (Å²) < 4.78 is 29.0. The van der Waals surface area contributed by atoms with E-state index in [0.717, 1.165) is 15.8 Å². The molecule has 0 aliphatic rings. The first-order chi connectivity index (χ1) is 7.94. The molecule has 0 heterocycles. The number of ether oxygens (including phenoxy) is 1. The van der Waals surface area contributed by atoms with Crippen LogP contribution < -0.4 is 4.74 Å². The maximum absolute atomic E-state index is 11.2. The van der Waals surface area contributed by atoms with Crippen molar-refractivity contribution in [1.29, 1.82) is 0 Å². The van der Waals surface area contributed by atoms with Gasteiger partial charge in [0.25, 0.3) is 0 Å². The zero-order valence-corrected chi connectivity index (χ0v) is 12.5. The number of benzene rings is 1. The summed E-state index contributed by atoms with van der Waals surface area (Å²) in [6.45, 7) is 4.08. The van der Waals surface area contributed by atoms with E-state index >= 15 is 0 Å². The third kappa shape index (κ3) is 5.08. The molecule has 0 aliphatic heterocycles. The van der Waals surface area contributed by atoms with E-state index in [1.54, 1.807) is 6.92 Å². The van der Waals surface area contributed by atoms with Crippen LogP contribution in [-0.2, 0) is 9.84 Å². The predicted molar refractivity (Wildman–Crippen MR) is 73.3 cm³/mol. The molecule has 1 aromatic rings. The summed E-state index contributed by atoms with van der Waals surface area (Å²) in [5, 5.41) is 0. The highest BCUT2D eigenvalue weighted by Gasteiger charge is 2.06. The molecule has 0 amide bonds. The van der Waals surface area contributed by atoms with E-state index in [1.807, 2.05) is 25.1 Å². The van der Waals surface area contributed by atoms with Crippen molar-refractivity contribution in [2.45, 2.75) is 20.3 Å². The van der Waals surface area contributed by atoms with E-state index in [9.17, 15) is 8.42 Å². The zero-order valence-electron chi connectivity index (χ0n) is 10.1. The standard InChI is InChI=1S/C12H17BrO3S/c1-3-17(14,15)8-4-7-16-11-5-6-12(13)10(2)9-11/h5-6,9H,3-4,7-8H2,1-2H3. The van der Waals surface area contributed by atoms with Gasteiger partial charge < -0.3 is 4.74 Å². The molecule has 5 heteroatoms. The lowest BCUT2D eigenvalue weighted by Gasteiger charge is -2.07. The van der Waals surface area contributed by atoms with E-state index in [4.69, 9.17) is 4.74 Å². The lowest BCUT2D eigenvalue weighted by molar-refractivity contribution is 0.317. The summed E-state index contributed by atoms with van der Waals surface area (Å²) in [4.78, 5) is 0. The van der Waals surface area contributed by atoms with Gasteiger partial charge >= 0.3 is 0 Å². The Morgan fingerprint density at radius 1 is 1.35 bits per heavy atom. The SMILES string of the molecule is CCS(=O)(=O)CCCOc1ccc(Br)c(C)c1. The van der Waals surface area contributed by atoms with Gasteiger partial charge in [-0.3, -0.25) is 0 Å². The molecule has 0 unspecified atom stereocenters. The molecule has 0 fully saturated rings. The highest BCUT2D eigenvalue weighted by Crippen LogP contribution is 2.21. The smallest absolute Gasteiger partial charge is 0.150 e. The van der Waals surface area contributed by atoms with Crippen molar-refractivity contribution in [3.05, 3.63) is 28.2 Å². The molecule has 17 heavy (non-hydrogen) atoms. The molecule has 0 bridgehead atoms. The molecule has 0 aliphatic carbocycles. The topological polar surface area (TPSA) is 43.4 Å². The fraction of sp³-hybridized carbons (Fsp3) is 0.500. The van der Waals surface area contributed by atoms with E-state index in [0.29, 0.717) is 13.0 Å². The molecule has 0 radical (unpaired) electrons. The van der Waals surface area contributed by atoms with Gasteiger partial charge in [0, 0.05) is 10.2 Å². The van der Waals surface area contributed by atoms with Gasteiger partial charge in [0.2, 0.25) is 0 Å². The van der Waals surface area contributed by atoms with Crippen LogP contribution in [0.15, 0.2) is 22.7 Å². The molecule has 0 N–H and O–H groups in total. The van der Waals surface area contributed by atoms with Crippen molar-refractivity contribution >= 4 is 25.8 Å². The summed E-state index contributed by atoms with van der Waals surface area (Å²) in [5.74, 6) is 1.17. The summed E-state index contributed by atoms with van der Waals surface area (Å²) in [5.41, 5.74) is 1.10. The maximum Gasteiger partial charge on any atom is 0.150 e. The van der Waals surface area contributed by atoms with Gasteiger partial charge in [-0.1, -0.05) is 22.9 Å². The lowest BCUT2D eigenvalue weighted by Crippen LogP contribution is -2.11. The second-order valence-corrected chi connectivity index (χ2v) is 7.18. The predicted octanol–water partition coefficient (Wildman–Crippen LogP) is 2.96. The third-order valence-corrected chi connectivity index (χ3v) is 5.12. The van der Waals surface area contributed by atoms with E-state index in [-0.39, 0.29) is 11.5 Å². The minimum absolute atomic E-state index is 0.193. The molecule has 1 aromatic carbocycles. The van der Waals surface area contributed by atoms with Gasteiger partial charge in [-0.15, -0.1) is 0 Å². The van der Waals surface area contributed by atoms with Crippen LogP contribution in [0.2, 0.25) is 0 Å². The van der Waals surface area contributed by atoms with E-state index in [1.165, 1.54) is 0 Å². The van der Waals surface area contributed by atoms with Crippen molar-refractivity contribution in [3.63, 3.8) is 0 Å². The second kappa shape index (κ2) is 6.40. The first-order valence-electron chi connectivity index (χ1n) is 5.54. The van der Waals surface area contributed by atoms with Crippen LogP contribution in [0.25, 0.3) is 0 Å². The normalized spacial score (nSPS) is 11.5. The maximum atomic E-state index is 11.2. The minimum atomic E-state index is -2.88. The molecular weight excluding hydrogens is 304 g/mol. The lowest BCUT2D eigenvalue weighted by atomic mass is 10.2. The fourth-order valence-electron chi connectivity index (χ4n) is 1.32. The Bertz CT molecular complexity index is 469. The molecule has 0 saturated heterocycles. The number of hydrogen-bond acceptors (Lipinski definition) is 3. The average molecular weight is 321 g/mol. The molecule has 0 spiro atoms. The van der Waals surface area contributed by atoms with Crippen LogP contribution in [0, 0.1) is 6.92 Å². The summed E-state index contributed by atoms with van der Waals surface area (Å²) in [7, 11) is -2.88. The van der Waals surface area contributed by atoms with Crippen molar-refractivity contribution in [1.82, 2.24) is 0 Å². The molecule has 0 atom stereocenters. The Kier molecular flexibility index (Phi) is 5.46. The highest BCUT2D eigenvalue weighted by molar-refractivity contribution is 9.10. The molecule has 3 nitrogen and oxygen atoms in total. The van der Waals surface area contributed by atoms with Gasteiger partial charge in [0.15, 0.2) is 0 Å². The van der Waals surface area contributed by atoms with Gasteiger partial charge in [0.1, 0.15) is 15.6 Å². The molecular formula is C12H17BrO3S. The van der Waals surface area contributed by atoms with E-state index < -0.39 is 9.84 Å².